The highest BCUT2D eigenvalue weighted by Gasteiger charge is 2.71. The SMILES string of the molecule is CO[C@@H](C=C(C)C)C[C@@H](C)[C@H]1CC[C@@]2(C)[C@@H]3[C@@H](O[C@@H]4O[C@H](CO)[C@@H](O)[C@H](O)[C@H]4O)C=C4[C@@H](CC[C@H](O)C4(C)C)[C@]3(C=O)CC[C@]12C. The Morgan fingerprint density at radius 2 is 1.70 bits per heavy atom. The number of ether oxygens (including phenoxy) is 3. The molecule has 0 aromatic rings. The van der Waals surface area contributed by atoms with Crippen molar-refractivity contribution in [2.24, 2.45) is 45.3 Å². The summed E-state index contributed by atoms with van der Waals surface area (Å²) in [5.41, 5.74) is 0.473. The van der Waals surface area contributed by atoms with Gasteiger partial charge in [-0.25, -0.2) is 0 Å². The lowest BCUT2D eigenvalue weighted by Gasteiger charge is -2.66. The van der Waals surface area contributed by atoms with Crippen molar-refractivity contribution < 1.29 is 44.5 Å². The summed E-state index contributed by atoms with van der Waals surface area (Å²) in [6, 6.07) is 0. The zero-order valence-corrected chi connectivity index (χ0v) is 29.2. The maximum absolute atomic E-state index is 13.7. The Balaban J connectivity index is 1.59. The molecule has 5 N–H and O–H groups in total. The summed E-state index contributed by atoms with van der Waals surface area (Å²) in [4.78, 5) is 13.7. The molecule has 15 atom stereocenters. The standard InChI is InChI=1S/C37H60O9/c1-20(2)15-22(44-8)16-21(3)23-11-12-36(7)32-26(45-33-31(43)30(42)29(41)27(18-38)46-33)17-25-24(9-10-28(40)34(25,4)5)37(32,19-39)14-13-35(23,36)6/h15,17,19,21-24,26-33,38,40-43H,9-14,16,18H2,1-8H3/t21-,22+,23-,24-,26+,27-,28+,29-,30+,31-,32+,33-,35-,36+,37-/m1/s1. The fraction of sp³-hybridized carbons (Fsp3) is 0.865. The highest BCUT2D eigenvalue weighted by molar-refractivity contribution is 5.65. The Hall–Kier alpha value is -1.17. The molecule has 3 saturated carbocycles. The molecule has 9 heteroatoms. The number of carbonyl (C=O) groups excluding carboxylic acids is 1. The topological polar surface area (TPSA) is 146 Å². The van der Waals surface area contributed by atoms with E-state index in [1.807, 2.05) is 13.8 Å². The summed E-state index contributed by atoms with van der Waals surface area (Å²) in [7, 11) is 1.77. The highest BCUT2D eigenvalue weighted by Crippen LogP contribution is 2.75. The fourth-order valence-electron chi connectivity index (χ4n) is 11.1. The number of allylic oxidation sites excluding steroid dienone is 1. The zero-order valence-electron chi connectivity index (χ0n) is 29.2. The van der Waals surface area contributed by atoms with E-state index in [0.717, 1.165) is 31.3 Å². The van der Waals surface area contributed by atoms with E-state index in [2.05, 4.69) is 46.8 Å². The first kappa shape index (κ1) is 36.1. The molecular formula is C37H60O9. The zero-order chi connectivity index (χ0) is 34.0. The van der Waals surface area contributed by atoms with Gasteiger partial charge in [0.2, 0.25) is 0 Å². The predicted octanol–water partition coefficient (Wildman–Crippen LogP) is 3.93. The molecule has 4 aliphatic carbocycles. The van der Waals surface area contributed by atoms with Gasteiger partial charge in [0.05, 0.1) is 24.9 Å². The quantitative estimate of drug-likeness (QED) is 0.185. The van der Waals surface area contributed by atoms with E-state index in [1.54, 1.807) is 7.11 Å². The number of hydrogen-bond acceptors (Lipinski definition) is 9. The molecule has 0 aromatic carbocycles. The first-order chi connectivity index (χ1) is 21.5. The van der Waals surface area contributed by atoms with E-state index in [9.17, 15) is 30.3 Å². The molecular weight excluding hydrogens is 588 g/mol. The molecule has 0 unspecified atom stereocenters. The van der Waals surface area contributed by atoms with Crippen LogP contribution in [-0.2, 0) is 19.0 Å². The van der Waals surface area contributed by atoms with Crippen LogP contribution in [0.15, 0.2) is 23.3 Å². The van der Waals surface area contributed by atoms with Gasteiger partial charge in [0.15, 0.2) is 6.29 Å². The van der Waals surface area contributed by atoms with Crippen molar-refractivity contribution in [2.75, 3.05) is 13.7 Å². The van der Waals surface area contributed by atoms with E-state index in [4.69, 9.17) is 14.2 Å². The van der Waals surface area contributed by atoms with E-state index in [0.29, 0.717) is 31.1 Å². The Morgan fingerprint density at radius 3 is 2.30 bits per heavy atom. The average Bonchev–Trinajstić information content (AvgIpc) is 3.29. The maximum Gasteiger partial charge on any atom is 0.187 e. The number of aliphatic hydroxyl groups excluding tert-OH is 5. The molecule has 1 saturated heterocycles. The predicted molar refractivity (Wildman–Crippen MR) is 173 cm³/mol. The number of fused-ring (bicyclic) bond motifs is 5. The van der Waals surface area contributed by atoms with Crippen LogP contribution in [0.2, 0.25) is 0 Å². The first-order valence-electron chi connectivity index (χ1n) is 17.5. The van der Waals surface area contributed by atoms with Crippen LogP contribution >= 0.6 is 0 Å². The van der Waals surface area contributed by atoms with Crippen molar-refractivity contribution in [2.45, 2.75) is 142 Å². The summed E-state index contributed by atoms with van der Waals surface area (Å²) in [5.74, 6) is 0.473. The van der Waals surface area contributed by atoms with Crippen LogP contribution in [0.25, 0.3) is 0 Å². The smallest absolute Gasteiger partial charge is 0.187 e. The van der Waals surface area contributed by atoms with Crippen LogP contribution < -0.4 is 0 Å². The van der Waals surface area contributed by atoms with Crippen molar-refractivity contribution >= 4 is 6.29 Å². The summed E-state index contributed by atoms with van der Waals surface area (Å²) in [6.45, 7) is 14.8. The molecule has 1 heterocycles. The average molecular weight is 649 g/mol. The minimum atomic E-state index is -1.57. The first-order valence-corrected chi connectivity index (χ1v) is 17.5. The van der Waals surface area contributed by atoms with Gasteiger partial charge in [-0.15, -0.1) is 0 Å². The van der Waals surface area contributed by atoms with Crippen LogP contribution in [0.3, 0.4) is 0 Å². The van der Waals surface area contributed by atoms with Crippen LogP contribution in [0.5, 0.6) is 0 Å². The van der Waals surface area contributed by atoms with Crippen molar-refractivity contribution in [3.63, 3.8) is 0 Å². The molecule has 4 fully saturated rings. The minimum absolute atomic E-state index is 0.0338. The van der Waals surface area contributed by atoms with Gasteiger partial charge in [0.25, 0.3) is 0 Å². The number of carbonyl (C=O) groups is 1. The van der Waals surface area contributed by atoms with Crippen molar-refractivity contribution in [3.8, 4) is 0 Å². The summed E-state index contributed by atoms with van der Waals surface area (Å²) >= 11 is 0. The van der Waals surface area contributed by atoms with Crippen molar-refractivity contribution in [1.82, 2.24) is 0 Å². The molecule has 5 rings (SSSR count). The lowest BCUT2D eigenvalue weighted by Crippen LogP contribution is -2.66. The van der Waals surface area contributed by atoms with E-state index >= 15 is 0 Å². The summed E-state index contributed by atoms with van der Waals surface area (Å²) < 4.78 is 18.5. The van der Waals surface area contributed by atoms with Gasteiger partial charge < -0.3 is 44.5 Å². The molecule has 0 aromatic heterocycles. The number of methoxy groups -OCH3 is 1. The Labute approximate surface area is 275 Å². The molecule has 262 valence electrons. The lowest BCUT2D eigenvalue weighted by molar-refractivity contribution is -0.321. The van der Waals surface area contributed by atoms with E-state index < -0.39 is 60.4 Å². The number of aldehydes is 1. The van der Waals surface area contributed by atoms with Crippen molar-refractivity contribution in [3.05, 3.63) is 23.3 Å². The summed E-state index contributed by atoms with van der Waals surface area (Å²) in [5, 5.41) is 53.2. The second-order valence-corrected chi connectivity index (χ2v) is 16.7. The molecule has 9 nitrogen and oxygen atoms in total. The Morgan fingerprint density at radius 1 is 1.00 bits per heavy atom. The van der Waals surface area contributed by atoms with Crippen LogP contribution in [0, 0.1) is 45.3 Å². The van der Waals surface area contributed by atoms with Gasteiger partial charge in [-0.3, -0.25) is 0 Å². The largest absolute Gasteiger partial charge is 0.394 e. The number of aliphatic hydroxyl groups is 5. The molecule has 0 spiro atoms. The lowest BCUT2D eigenvalue weighted by atomic mass is 9.38. The van der Waals surface area contributed by atoms with Gasteiger partial charge in [-0.2, -0.15) is 0 Å². The second-order valence-electron chi connectivity index (χ2n) is 16.7. The molecule has 1 aliphatic heterocycles. The van der Waals surface area contributed by atoms with E-state index in [-0.39, 0.29) is 28.8 Å². The highest BCUT2D eigenvalue weighted by atomic mass is 16.7. The van der Waals surface area contributed by atoms with Crippen LogP contribution in [-0.4, -0.2) is 94.6 Å². The number of rotatable bonds is 9. The third-order valence-electron chi connectivity index (χ3n) is 13.9. The van der Waals surface area contributed by atoms with Gasteiger partial charge in [-0.1, -0.05) is 57.9 Å². The molecule has 0 amide bonds. The molecule has 0 radical (unpaired) electrons. The van der Waals surface area contributed by atoms with Gasteiger partial charge in [-0.05, 0) is 87.4 Å². The Bertz CT molecular complexity index is 1180. The molecule has 5 aliphatic rings. The minimum Gasteiger partial charge on any atom is -0.394 e. The van der Waals surface area contributed by atoms with Crippen LogP contribution in [0.1, 0.15) is 93.4 Å². The van der Waals surface area contributed by atoms with E-state index in [1.165, 1.54) is 11.9 Å². The third kappa shape index (κ3) is 5.49. The fourth-order valence-corrected chi connectivity index (χ4v) is 11.1. The van der Waals surface area contributed by atoms with Gasteiger partial charge in [0.1, 0.15) is 30.7 Å². The van der Waals surface area contributed by atoms with Crippen molar-refractivity contribution in [1.29, 1.82) is 0 Å². The maximum atomic E-state index is 13.7. The normalized spacial score (nSPS) is 47.9. The number of hydrogen-bond donors (Lipinski definition) is 5. The Kier molecular flexibility index (Phi) is 10.2. The third-order valence-corrected chi connectivity index (χ3v) is 13.9. The summed E-state index contributed by atoms with van der Waals surface area (Å²) in [6.07, 6.45) is 2.98. The second kappa shape index (κ2) is 12.9. The van der Waals surface area contributed by atoms with Gasteiger partial charge in [0, 0.05) is 23.9 Å². The molecule has 0 bridgehead atoms. The monoisotopic (exact) mass is 648 g/mol. The van der Waals surface area contributed by atoms with Crippen LogP contribution in [0.4, 0.5) is 0 Å². The van der Waals surface area contributed by atoms with Gasteiger partial charge >= 0.3 is 0 Å². The molecule has 46 heavy (non-hydrogen) atoms.